The van der Waals surface area contributed by atoms with Crippen LogP contribution in [0.3, 0.4) is 0 Å². The minimum absolute atomic E-state index is 0.0128. The summed E-state index contributed by atoms with van der Waals surface area (Å²) in [4.78, 5) is 0. The number of hydrogen-bond donors (Lipinski definition) is 0. The Kier molecular flexibility index (Phi) is 2.48. The monoisotopic (exact) mass is 254 g/mol. The third-order valence-corrected chi connectivity index (χ3v) is 4.23. The van der Waals surface area contributed by atoms with Crippen LogP contribution in [0.1, 0.15) is 18.2 Å². The Bertz CT molecular complexity index is 492. The van der Waals surface area contributed by atoms with E-state index in [1.54, 1.807) is 0 Å². The summed E-state index contributed by atoms with van der Waals surface area (Å²) in [5, 5.41) is 3.36. The number of halogens is 3. The summed E-state index contributed by atoms with van der Waals surface area (Å²) in [6, 6.07) is 0.381. The fourth-order valence-corrected chi connectivity index (χ4v) is 3.38. The van der Waals surface area contributed by atoms with E-state index in [1.807, 2.05) is 0 Å². The number of nitrogens with zero attached hydrogens (tertiary/aromatic N) is 2. The molecule has 1 unspecified atom stereocenters. The van der Waals surface area contributed by atoms with Gasteiger partial charge in [-0.15, -0.1) is 0 Å². The van der Waals surface area contributed by atoms with Crippen molar-refractivity contribution in [3.63, 3.8) is 0 Å². The van der Waals surface area contributed by atoms with Crippen molar-refractivity contribution < 1.29 is 21.6 Å². The zero-order chi connectivity index (χ0) is 12.0. The molecule has 0 aliphatic carbocycles. The van der Waals surface area contributed by atoms with Gasteiger partial charge < -0.3 is 0 Å². The Labute approximate surface area is 90.0 Å². The highest BCUT2D eigenvalue weighted by atomic mass is 32.2. The van der Waals surface area contributed by atoms with Crippen LogP contribution in [0, 0.1) is 0 Å². The van der Waals surface area contributed by atoms with E-state index in [0.717, 1.165) is 10.7 Å². The molecule has 1 fully saturated rings. The maximum atomic E-state index is 12.2. The molecule has 16 heavy (non-hydrogen) atoms. The Balaban J connectivity index is 2.21. The van der Waals surface area contributed by atoms with Gasteiger partial charge in [-0.3, -0.25) is 4.68 Å². The first-order valence-electron chi connectivity index (χ1n) is 4.61. The Morgan fingerprint density at radius 1 is 1.44 bits per heavy atom. The molecule has 1 saturated heterocycles. The lowest BCUT2D eigenvalue weighted by atomic mass is 10.3. The van der Waals surface area contributed by atoms with E-state index in [4.69, 9.17) is 0 Å². The summed E-state index contributed by atoms with van der Waals surface area (Å²) in [5.74, 6) is -0.120. The lowest BCUT2D eigenvalue weighted by Crippen LogP contribution is -2.13. The predicted molar refractivity (Wildman–Crippen MR) is 49.5 cm³/mol. The molecule has 0 amide bonds. The van der Waals surface area contributed by atoms with Crippen molar-refractivity contribution >= 4 is 9.84 Å². The van der Waals surface area contributed by atoms with Crippen molar-refractivity contribution in [2.45, 2.75) is 18.6 Å². The molecule has 8 heteroatoms. The number of alkyl halides is 3. The molecule has 1 aromatic rings. The lowest BCUT2D eigenvalue weighted by Gasteiger charge is -2.08. The molecule has 1 aliphatic heterocycles. The zero-order valence-corrected chi connectivity index (χ0v) is 8.92. The average molecular weight is 254 g/mol. The van der Waals surface area contributed by atoms with E-state index < -0.39 is 27.7 Å². The first kappa shape index (κ1) is 11.4. The molecule has 0 spiro atoms. The Morgan fingerprint density at radius 2 is 2.12 bits per heavy atom. The summed E-state index contributed by atoms with van der Waals surface area (Å²) in [7, 11) is -3.11. The Morgan fingerprint density at radius 3 is 2.56 bits per heavy atom. The van der Waals surface area contributed by atoms with Crippen LogP contribution >= 0.6 is 0 Å². The van der Waals surface area contributed by atoms with Crippen molar-refractivity contribution in [2.24, 2.45) is 0 Å². The second kappa shape index (κ2) is 3.47. The molecule has 0 bridgehead atoms. The molecule has 1 atom stereocenters. The molecule has 2 heterocycles. The molecule has 4 nitrogen and oxygen atoms in total. The van der Waals surface area contributed by atoms with E-state index in [-0.39, 0.29) is 11.5 Å². The first-order chi connectivity index (χ1) is 7.28. The van der Waals surface area contributed by atoms with Gasteiger partial charge in [-0.25, -0.2) is 8.42 Å². The highest BCUT2D eigenvalue weighted by molar-refractivity contribution is 7.91. The highest BCUT2D eigenvalue weighted by Gasteiger charge is 2.35. The number of aromatic nitrogens is 2. The van der Waals surface area contributed by atoms with Gasteiger partial charge in [0.25, 0.3) is 0 Å². The molecule has 0 aromatic carbocycles. The average Bonchev–Trinajstić information content (AvgIpc) is 2.68. The third kappa shape index (κ3) is 2.21. The molecule has 2 rings (SSSR count). The van der Waals surface area contributed by atoms with E-state index in [1.165, 1.54) is 6.20 Å². The van der Waals surface area contributed by atoms with E-state index in [0.29, 0.717) is 6.42 Å². The van der Waals surface area contributed by atoms with Gasteiger partial charge >= 0.3 is 6.18 Å². The fraction of sp³-hybridized carbons (Fsp3) is 0.625. The van der Waals surface area contributed by atoms with Crippen LogP contribution in [-0.4, -0.2) is 29.7 Å². The largest absolute Gasteiger partial charge is 0.435 e. The molecule has 0 N–H and O–H groups in total. The summed E-state index contributed by atoms with van der Waals surface area (Å²) in [5.41, 5.74) is -0.989. The van der Waals surface area contributed by atoms with Crippen molar-refractivity contribution in [2.75, 3.05) is 11.5 Å². The smallest absolute Gasteiger partial charge is 0.268 e. The summed E-state index contributed by atoms with van der Waals surface area (Å²) in [6.07, 6.45) is -2.99. The zero-order valence-electron chi connectivity index (χ0n) is 8.11. The van der Waals surface area contributed by atoms with Crippen molar-refractivity contribution in [1.82, 2.24) is 9.78 Å². The van der Waals surface area contributed by atoms with E-state index in [2.05, 4.69) is 5.10 Å². The molecule has 0 saturated carbocycles. The second-order valence-corrected chi connectivity index (χ2v) is 5.96. The fourth-order valence-electron chi connectivity index (χ4n) is 1.68. The van der Waals surface area contributed by atoms with Gasteiger partial charge in [-0.05, 0) is 12.5 Å². The van der Waals surface area contributed by atoms with Crippen molar-refractivity contribution in [3.8, 4) is 0 Å². The van der Waals surface area contributed by atoms with Gasteiger partial charge in [0.05, 0.1) is 17.5 Å². The number of rotatable bonds is 1. The molecule has 1 aromatic heterocycles. The number of hydrogen-bond acceptors (Lipinski definition) is 3. The van der Waals surface area contributed by atoms with Crippen LogP contribution in [0.4, 0.5) is 13.2 Å². The highest BCUT2D eigenvalue weighted by Crippen LogP contribution is 2.29. The SMILES string of the molecule is O=S1(=O)CCC(n2ccc(C(F)(F)F)n2)C1. The van der Waals surface area contributed by atoms with Crippen LogP contribution in [-0.2, 0) is 16.0 Å². The molecule has 90 valence electrons. The van der Waals surface area contributed by atoms with Crippen LogP contribution in [0.5, 0.6) is 0 Å². The van der Waals surface area contributed by atoms with Crippen LogP contribution in [0.2, 0.25) is 0 Å². The van der Waals surface area contributed by atoms with Crippen LogP contribution in [0.15, 0.2) is 12.3 Å². The first-order valence-corrected chi connectivity index (χ1v) is 6.43. The molecule has 1 aliphatic rings. The maximum Gasteiger partial charge on any atom is 0.435 e. The van der Waals surface area contributed by atoms with Gasteiger partial charge in [-0.2, -0.15) is 18.3 Å². The van der Waals surface area contributed by atoms with Gasteiger partial charge in [0, 0.05) is 6.20 Å². The molecular formula is C8H9F3N2O2S. The normalized spacial score (nSPS) is 24.8. The van der Waals surface area contributed by atoms with Crippen LogP contribution in [0.25, 0.3) is 0 Å². The van der Waals surface area contributed by atoms with E-state index in [9.17, 15) is 21.6 Å². The molecular weight excluding hydrogens is 245 g/mol. The number of sulfone groups is 1. The predicted octanol–water partition coefficient (Wildman–Crippen LogP) is 1.26. The van der Waals surface area contributed by atoms with Gasteiger partial charge in [-0.1, -0.05) is 0 Å². The van der Waals surface area contributed by atoms with Crippen molar-refractivity contribution in [1.29, 1.82) is 0 Å². The minimum atomic E-state index is -4.48. The summed E-state index contributed by atoms with van der Waals surface area (Å²) < 4.78 is 60.1. The topological polar surface area (TPSA) is 52.0 Å². The maximum absolute atomic E-state index is 12.2. The quantitative estimate of drug-likeness (QED) is 0.758. The minimum Gasteiger partial charge on any atom is -0.268 e. The van der Waals surface area contributed by atoms with Crippen LogP contribution < -0.4 is 0 Å². The van der Waals surface area contributed by atoms with Crippen molar-refractivity contribution in [3.05, 3.63) is 18.0 Å². The Hall–Kier alpha value is -1.05. The summed E-state index contributed by atoms with van der Waals surface area (Å²) in [6.45, 7) is 0. The lowest BCUT2D eigenvalue weighted by molar-refractivity contribution is -0.141. The third-order valence-electron chi connectivity index (χ3n) is 2.48. The molecule has 0 radical (unpaired) electrons. The summed E-state index contributed by atoms with van der Waals surface area (Å²) >= 11 is 0. The van der Waals surface area contributed by atoms with Gasteiger partial charge in [0.1, 0.15) is 0 Å². The van der Waals surface area contributed by atoms with E-state index >= 15 is 0 Å². The van der Waals surface area contributed by atoms with Gasteiger partial charge in [0.15, 0.2) is 15.5 Å². The standard InChI is InChI=1S/C8H9F3N2O2S/c9-8(10,11)7-1-3-13(12-7)6-2-4-16(14,15)5-6/h1,3,6H,2,4-5H2. The second-order valence-electron chi connectivity index (χ2n) is 3.74. The van der Waals surface area contributed by atoms with Gasteiger partial charge in [0.2, 0.25) is 0 Å².